The molecule has 1 aliphatic carbocycles. The first-order chi connectivity index (χ1) is 12.0. The van der Waals surface area contributed by atoms with Crippen LogP contribution in [0.2, 0.25) is 10.0 Å². The van der Waals surface area contributed by atoms with Gasteiger partial charge in [-0.1, -0.05) is 29.3 Å². The first-order valence-corrected chi connectivity index (χ1v) is 9.12. The molecule has 1 aromatic rings. The molecule has 2 N–H and O–H groups in total. The average molecular weight is 386 g/mol. The maximum atomic E-state index is 12.6. The van der Waals surface area contributed by atoms with E-state index >= 15 is 0 Å². The van der Waals surface area contributed by atoms with Crippen molar-refractivity contribution >= 4 is 40.7 Å². The number of nitrogens with one attached hydrogen (secondary N) is 2. The lowest BCUT2D eigenvalue weighted by Gasteiger charge is -2.26. The lowest BCUT2D eigenvalue weighted by Crippen LogP contribution is -2.45. The molecule has 1 saturated heterocycles. The van der Waals surface area contributed by atoms with Crippen LogP contribution < -0.4 is 10.6 Å². The molecule has 0 atom stereocenters. The smallest absolute Gasteiger partial charge is 0.240 e. The van der Waals surface area contributed by atoms with E-state index in [-0.39, 0.29) is 11.8 Å². The van der Waals surface area contributed by atoms with Crippen LogP contribution in [-0.2, 0) is 14.3 Å². The summed E-state index contributed by atoms with van der Waals surface area (Å²) in [6.45, 7) is 4.45. The number of carbonyl (C=O) groups is 2. The molecule has 8 heteroatoms. The van der Waals surface area contributed by atoms with Gasteiger partial charge in [-0.2, -0.15) is 0 Å². The van der Waals surface area contributed by atoms with Crippen LogP contribution in [0.4, 0.5) is 5.69 Å². The van der Waals surface area contributed by atoms with Crippen molar-refractivity contribution in [2.45, 2.75) is 12.8 Å². The van der Waals surface area contributed by atoms with E-state index in [2.05, 4.69) is 15.5 Å². The zero-order valence-corrected chi connectivity index (χ0v) is 15.3. The second-order valence-electron chi connectivity index (χ2n) is 6.34. The number of morpholine rings is 1. The molecule has 1 saturated carbocycles. The Kier molecular flexibility index (Phi) is 5.84. The van der Waals surface area contributed by atoms with Crippen LogP contribution in [-0.4, -0.2) is 56.1 Å². The van der Waals surface area contributed by atoms with Gasteiger partial charge >= 0.3 is 0 Å². The molecule has 0 unspecified atom stereocenters. The summed E-state index contributed by atoms with van der Waals surface area (Å²) in [4.78, 5) is 27.3. The Hall–Kier alpha value is -1.34. The molecule has 1 aromatic carbocycles. The molecule has 2 aliphatic rings. The maximum Gasteiger partial charge on any atom is 0.240 e. The highest BCUT2D eigenvalue weighted by Gasteiger charge is 2.56. The van der Waals surface area contributed by atoms with Crippen molar-refractivity contribution in [3.63, 3.8) is 0 Å². The van der Waals surface area contributed by atoms with Crippen molar-refractivity contribution in [1.82, 2.24) is 10.2 Å². The number of ether oxygens (including phenoxy) is 1. The molecular formula is C17H21Cl2N3O3. The summed E-state index contributed by atoms with van der Waals surface area (Å²) in [5.41, 5.74) is -0.656. The number of halogens is 2. The predicted molar refractivity (Wildman–Crippen MR) is 97.0 cm³/mol. The van der Waals surface area contributed by atoms with E-state index in [0.29, 0.717) is 35.1 Å². The largest absolute Gasteiger partial charge is 0.379 e. The van der Waals surface area contributed by atoms with Gasteiger partial charge in [-0.05, 0) is 25.0 Å². The summed E-state index contributed by atoms with van der Waals surface area (Å²) in [5, 5.41) is 6.29. The Balaban J connectivity index is 1.53. The molecule has 136 valence electrons. The van der Waals surface area contributed by atoms with Crippen molar-refractivity contribution in [2.75, 3.05) is 44.7 Å². The molecule has 25 heavy (non-hydrogen) atoms. The summed E-state index contributed by atoms with van der Waals surface area (Å²) in [6, 6.07) is 4.99. The highest BCUT2D eigenvalue weighted by molar-refractivity contribution is 6.40. The van der Waals surface area contributed by atoms with Gasteiger partial charge in [-0.25, -0.2) is 0 Å². The van der Waals surface area contributed by atoms with Crippen molar-refractivity contribution < 1.29 is 14.3 Å². The number of hydrogen-bond donors (Lipinski definition) is 2. The van der Waals surface area contributed by atoms with E-state index in [0.717, 1.165) is 32.8 Å². The van der Waals surface area contributed by atoms with Crippen molar-refractivity contribution in [3.8, 4) is 0 Å². The highest BCUT2D eigenvalue weighted by Crippen LogP contribution is 2.47. The first-order valence-electron chi connectivity index (χ1n) is 8.37. The van der Waals surface area contributed by atoms with Crippen LogP contribution in [0.15, 0.2) is 18.2 Å². The average Bonchev–Trinajstić information content (AvgIpc) is 3.41. The highest BCUT2D eigenvalue weighted by atomic mass is 35.5. The van der Waals surface area contributed by atoms with Gasteiger partial charge in [0, 0.05) is 26.2 Å². The van der Waals surface area contributed by atoms with Crippen molar-refractivity contribution in [1.29, 1.82) is 0 Å². The van der Waals surface area contributed by atoms with Crippen molar-refractivity contribution in [3.05, 3.63) is 28.2 Å². The summed E-state index contributed by atoms with van der Waals surface area (Å²) >= 11 is 12.2. The third-order valence-corrected chi connectivity index (χ3v) is 5.27. The fourth-order valence-corrected chi connectivity index (χ4v) is 3.35. The quantitative estimate of drug-likeness (QED) is 0.736. The Labute approximate surface area is 156 Å². The van der Waals surface area contributed by atoms with Gasteiger partial charge in [0.05, 0.1) is 28.9 Å². The molecule has 6 nitrogen and oxygen atoms in total. The fourth-order valence-electron chi connectivity index (χ4n) is 2.85. The van der Waals surface area contributed by atoms with Gasteiger partial charge in [-0.15, -0.1) is 0 Å². The maximum absolute atomic E-state index is 12.6. The number of hydrogen-bond acceptors (Lipinski definition) is 4. The summed E-state index contributed by atoms with van der Waals surface area (Å²) < 4.78 is 5.30. The molecule has 1 heterocycles. The van der Waals surface area contributed by atoms with E-state index in [9.17, 15) is 9.59 Å². The monoisotopic (exact) mass is 385 g/mol. The molecule has 1 aliphatic heterocycles. The molecule has 0 radical (unpaired) electrons. The molecule has 0 bridgehead atoms. The zero-order valence-electron chi connectivity index (χ0n) is 13.8. The number of anilines is 1. The number of rotatable bonds is 6. The Morgan fingerprint density at radius 3 is 2.36 bits per heavy atom. The van der Waals surface area contributed by atoms with E-state index in [4.69, 9.17) is 27.9 Å². The van der Waals surface area contributed by atoms with E-state index in [1.54, 1.807) is 18.2 Å². The molecule has 2 amide bonds. The van der Waals surface area contributed by atoms with Gasteiger partial charge in [0.2, 0.25) is 11.8 Å². The van der Waals surface area contributed by atoms with Crippen LogP contribution in [0, 0.1) is 5.41 Å². The molecule has 0 aromatic heterocycles. The third kappa shape index (κ3) is 4.26. The Morgan fingerprint density at radius 2 is 1.76 bits per heavy atom. The second kappa shape index (κ2) is 7.91. The van der Waals surface area contributed by atoms with Crippen molar-refractivity contribution in [2.24, 2.45) is 5.41 Å². The summed E-state index contributed by atoms with van der Waals surface area (Å²) in [5.74, 6) is -0.590. The lowest BCUT2D eigenvalue weighted by atomic mass is 10.0. The SMILES string of the molecule is O=C(NCCN1CCOCC1)C1(C(=O)Nc2c(Cl)cccc2Cl)CC1. The summed E-state index contributed by atoms with van der Waals surface area (Å²) in [6.07, 6.45) is 1.06. The number of amides is 2. The fraction of sp³-hybridized carbons (Fsp3) is 0.529. The molecule has 2 fully saturated rings. The van der Waals surface area contributed by atoms with Gasteiger partial charge in [0.15, 0.2) is 0 Å². The standard InChI is InChI=1S/C17H21Cl2N3O3/c18-12-2-1-3-13(19)14(12)21-16(24)17(4-5-17)15(23)20-6-7-22-8-10-25-11-9-22/h1-3H,4-11H2,(H,20,23)(H,21,24). The van der Waals surface area contributed by atoms with E-state index < -0.39 is 5.41 Å². The predicted octanol–water partition coefficient (Wildman–Crippen LogP) is 2.16. The number of para-hydroxylation sites is 1. The molecule has 3 rings (SSSR count). The minimum atomic E-state index is -1.01. The van der Waals surface area contributed by atoms with Crippen LogP contribution in [0.25, 0.3) is 0 Å². The zero-order chi connectivity index (χ0) is 17.9. The second-order valence-corrected chi connectivity index (χ2v) is 7.16. The van der Waals surface area contributed by atoms with Gasteiger partial charge in [-0.3, -0.25) is 14.5 Å². The van der Waals surface area contributed by atoms with E-state index in [1.807, 2.05) is 0 Å². The lowest BCUT2D eigenvalue weighted by molar-refractivity contribution is -0.134. The van der Waals surface area contributed by atoms with Crippen LogP contribution >= 0.6 is 23.2 Å². The summed E-state index contributed by atoms with van der Waals surface area (Å²) in [7, 11) is 0. The normalized spacial score (nSPS) is 19.3. The minimum absolute atomic E-state index is 0.235. The minimum Gasteiger partial charge on any atom is -0.379 e. The third-order valence-electron chi connectivity index (χ3n) is 4.64. The van der Waals surface area contributed by atoms with Gasteiger partial charge in [0.25, 0.3) is 0 Å². The van der Waals surface area contributed by atoms with Crippen LogP contribution in [0.3, 0.4) is 0 Å². The molecule has 0 spiro atoms. The Bertz CT molecular complexity index is 638. The first kappa shape index (κ1) is 18.5. The van der Waals surface area contributed by atoms with Gasteiger partial charge < -0.3 is 15.4 Å². The van der Waals surface area contributed by atoms with E-state index in [1.165, 1.54) is 0 Å². The topological polar surface area (TPSA) is 70.7 Å². The van der Waals surface area contributed by atoms with Gasteiger partial charge in [0.1, 0.15) is 5.41 Å². The number of nitrogens with zero attached hydrogens (tertiary/aromatic N) is 1. The number of benzene rings is 1. The van der Waals surface area contributed by atoms with Crippen LogP contribution in [0.1, 0.15) is 12.8 Å². The molecular weight excluding hydrogens is 365 g/mol. The number of carbonyl (C=O) groups excluding carboxylic acids is 2. The van der Waals surface area contributed by atoms with Crippen LogP contribution in [0.5, 0.6) is 0 Å². The Morgan fingerprint density at radius 1 is 1.12 bits per heavy atom.